The Labute approximate surface area is 229 Å². The quantitative estimate of drug-likeness (QED) is 0.203. The molecule has 0 amide bonds. The molecule has 0 aliphatic carbocycles. The van der Waals surface area contributed by atoms with Crippen LogP contribution in [0.5, 0.6) is 0 Å². The zero-order valence-electron chi connectivity index (χ0n) is 22.7. The van der Waals surface area contributed by atoms with Crippen molar-refractivity contribution < 1.29 is 17.7 Å². The molecule has 198 valence electrons. The van der Waals surface area contributed by atoms with Crippen LogP contribution in [0.3, 0.4) is 0 Å². The molecular formula is C31H32F3N2S2+. The van der Waals surface area contributed by atoms with Crippen LogP contribution in [0.1, 0.15) is 51.4 Å². The average molecular weight is 554 g/mol. The van der Waals surface area contributed by atoms with Crippen molar-refractivity contribution in [2.75, 3.05) is 0 Å². The summed E-state index contributed by atoms with van der Waals surface area (Å²) >= 11 is 3.08. The molecule has 38 heavy (non-hydrogen) atoms. The first kappa shape index (κ1) is 26.8. The van der Waals surface area contributed by atoms with Crippen molar-refractivity contribution in [3.63, 3.8) is 0 Å². The Hall–Kier alpha value is -2.77. The lowest BCUT2D eigenvalue weighted by Gasteiger charge is -2.26. The van der Waals surface area contributed by atoms with Gasteiger partial charge in [0.05, 0.1) is 16.7 Å². The first-order valence-corrected chi connectivity index (χ1v) is 14.4. The van der Waals surface area contributed by atoms with Crippen LogP contribution in [-0.2, 0) is 18.9 Å². The highest BCUT2D eigenvalue weighted by Crippen LogP contribution is 2.44. The SMILES string of the molecule is Cc1c(-c2c3scc(-c4nc(CC(C)(C)C(F)(F)F)cs4)c3cc[n+]2C)cc(C(C)(C)C)c2ccccc12. The standard InChI is InChI=1S/C31H32F3N2S2/c1-18-20-10-8-9-11-21(20)25(29(2,3)4)14-23(18)26-27-22(12-13-36(26)7)24(17-37-27)28-35-19(16-38-28)15-30(5,6)31(32,33)34/h8-14,16-17H,15H2,1-7H3/q+1. The molecule has 2 nitrogen and oxygen atoms in total. The second kappa shape index (κ2) is 9.16. The van der Waals surface area contributed by atoms with E-state index in [4.69, 9.17) is 0 Å². The lowest BCUT2D eigenvalue weighted by molar-refractivity contribution is -0.659. The summed E-state index contributed by atoms with van der Waals surface area (Å²) in [5.74, 6) is 0. The zero-order chi connectivity index (χ0) is 27.6. The summed E-state index contributed by atoms with van der Waals surface area (Å²) in [6.07, 6.45) is -2.35. The molecule has 7 heteroatoms. The normalized spacial score (nSPS) is 13.1. The minimum absolute atomic E-state index is 0.0311. The number of thiazole rings is 1. The van der Waals surface area contributed by atoms with Gasteiger partial charge in [-0.15, -0.1) is 22.7 Å². The number of nitrogens with zero attached hydrogens (tertiary/aromatic N) is 2. The maximum Gasteiger partial charge on any atom is 0.394 e. The Morgan fingerprint density at radius 2 is 1.55 bits per heavy atom. The van der Waals surface area contributed by atoms with E-state index in [2.05, 4.69) is 92.3 Å². The van der Waals surface area contributed by atoms with E-state index < -0.39 is 11.6 Å². The van der Waals surface area contributed by atoms with Gasteiger partial charge in [0.2, 0.25) is 5.69 Å². The van der Waals surface area contributed by atoms with Gasteiger partial charge in [0.1, 0.15) is 16.8 Å². The molecule has 0 saturated heterocycles. The third-order valence-corrected chi connectivity index (χ3v) is 9.34. The van der Waals surface area contributed by atoms with E-state index in [1.807, 2.05) is 0 Å². The number of pyridine rings is 1. The second-order valence-corrected chi connectivity index (χ2v) is 13.5. The molecule has 5 aromatic rings. The van der Waals surface area contributed by atoms with E-state index in [-0.39, 0.29) is 11.8 Å². The van der Waals surface area contributed by atoms with Gasteiger partial charge in [0.15, 0.2) is 6.20 Å². The van der Waals surface area contributed by atoms with Gasteiger partial charge < -0.3 is 0 Å². The first-order chi connectivity index (χ1) is 17.7. The van der Waals surface area contributed by atoms with E-state index in [0.717, 1.165) is 26.4 Å². The Bertz CT molecular complexity index is 1670. The number of fused-ring (bicyclic) bond motifs is 2. The van der Waals surface area contributed by atoms with Crippen LogP contribution < -0.4 is 4.57 Å². The number of benzene rings is 2. The Balaban J connectivity index is 1.66. The zero-order valence-corrected chi connectivity index (χ0v) is 24.4. The number of alkyl halides is 3. The number of hydrogen-bond donors (Lipinski definition) is 0. The maximum absolute atomic E-state index is 13.5. The summed E-state index contributed by atoms with van der Waals surface area (Å²) in [7, 11) is 2.07. The molecule has 0 spiro atoms. The van der Waals surface area contributed by atoms with Crippen LogP contribution >= 0.6 is 22.7 Å². The molecule has 0 unspecified atom stereocenters. The fourth-order valence-electron chi connectivity index (χ4n) is 5.07. The molecule has 0 atom stereocenters. The molecule has 0 aliphatic heterocycles. The van der Waals surface area contributed by atoms with Crippen molar-refractivity contribution in [3.05, 3.63) is 70.2 Å². The summed E-state index contributed by atoms with van der Waals surface area (Å²) in [5, 5.41) is 8.21. The van der Waals surface area contributed by atoms with Gasteiger partial charge in [-0.25, -0.2) is 4.98 Å². The highest BCUT2D eigenvalue weighted by molar-refractivity contribution is 7.19. The molecular weight excluding hydrogens is 521 g/mol. The minimum atomic E-state index is -4.28. The van der Waals surface area contributed by atoms with Crippen LogP contribution in [0.2, 0.25) is 0 Å². The van der Waals surface area contributed by atoms with Gasteiger partial charge in [-0.05, 0) is 40.3 Å². The van der Waals surface area contributed by atoms with Crippen molar-refractivity contribution >= 4 is 43.5 Å². The van der Waals surface area contributed by atoms with Gasteiger partial charge in [0.25, 0.3) is 0 Å². The molecule has 0 fully saturated rings. The van der Waals surface area contributed by atoms with E-state index in [1.54, 1.807) is 16.7 Å². The van der Waals surface area contributed by atoms with E-state index in [9.17, 15) is 13.2 Å². The smallest absolute Gasteiger partial charge is 0.241 e. The fraction of sp³-hybridized carbons (Fsp3) is 0.355. The molecule has 5 rings (SSSR count). The number of rotatable bonds is 4. The largest absolute Gasteiger partial charge is 0.394 e. The number of aryl methyl sites for hydroxylation is 2. The first-order valence-electron chi connectivity index (χ1n) is 12.6. The van der Waals surface area contributed by atoms with E-state index in [0.29, 0.717) is 5.69 Å². The Morgan fingerprint density at radius 3 is 2.21 bits per heavy atom. The average Bonchev–Trinajstić information content (AvgIpc) is 3.45. The molecule has 0 radical (unpaired) electrons. The van der Waals surface area contributed by atoms with Crippen LogP contribution in [0.4, 0.5) is 13.2 Å². The van der Waals surface area contributed by atoms with Crippen LogP contribution in [-0.4, -0.2) is 11.2 Å². The lowest BCUT2D eigenvalue weighted by Crippen LogP contribution is -2.34. The number of hydrogen-bond acceptors (Lipinski definition) is 3. The maximum atomic E-state index is 13.5. The third-order valence-electron chi connectivity index (χ3n) is 7.41. The second-order valence-electron chi connectivity index (χ2n) is 11.8. The van der Waals surface area contributed by atoms with Crippen molar-refractivity contribution in [1.82, 2.24) is 4.98 Å². The summed E-state index contributed by atoms with van der Waals surface area (Å²) in [6, 6.07) is 13.0. The summed E-state index contributed by atoms with van der Waals surface area (Å²) in [6.45, 7) is 11.4. The summed E-state index contributed by atoms with van der Waals surface area (Å²) < 4.78 is 43.7. The minimum Gasteiger partial charge on any atom is -0.241 e. The van der Waals surface area contributed by atoms with Crippen molar-refractivity contribution in [3.8, 4) is 21.8 Å². The number of aromatic nitrogens is 2. The van der Waals surface area contributed by atoms with E-state index in [1.165, 1.54) is 52.6 Å². The molecule has 2 aromatic carbocycles. The van der Waals surface area contributed by atoms with Gasteiger partial charge in [-0.2, -0.15) is 17.7 Å². The number of thiophene rings is 1. The van der Waals surface area contributed by atoms with Gasteiger partial charge in [0, 0.05) is 34.2 Å². The monoisotopic (exact) mass is 553 g/mol. The van der Waals surface area contributed by atoms with Gasteiger partial charge >= 0.3 is 6.18 Å². The fourth-order valence-corrected chi connectivity index (χ4v) is 7.14. The Kier molecular flexibility index (Phi) is 6.47. The molecule has 0 N–H and O–H groups in total. The van der Waals surface area contributed by atoms with Gasteiger partial charge in [-0.1, -0.05) is 58.9 Å². The third kappa shape index (κ3) is 4.54. The summed E-state index contributed by atoms with van der Waals surface area (Å²) in [5.41, 5.74) is 4.47. The van der Waals surface area contributed by atoms with Crippen LogP contribution in [0, 0.1) is 12.3 Å². The van der Waals surface area contributed by atoms with Crippen LogP contribution in [0.25, 0.3) is 42.7 Å². The Morgan fingerprint density at radius 1 is 0.868 bits per heavy atom. The van der Waals surface area contributed by atoms with Crippen molar-refractivity contribution in [1.29, 1.82) is 0 Å². The predicted octanol–water partition coefficient (Wildman–Crippen LogP) is 9.41. The lowest BCUT2D eigenvalue weighted by atomic mass is 9.80. The molecule has 3 heterocycles. The summed E-state index contributed by atoms with van der Waals surface area (Å²) in [4.78, 5) is 4.65. The van der Waals surface area contributed by atoms with E-state index >= 15 is 0 Å². The van der Waals surface area contributed by atoms with Crippen molar-refractivity contribution in [2.24, 2.45) is 12.5 Å². The highest BCUT2D eigenvalue weighted by Gasteiger charge is 2.47. The van der Waals surface area contributed by atoms with Crippen LogP contribution in [0.15, 0.2) is 53.4 Å². The molecule has 0 saturated carbocycles. The van der Waals surface area contributed by atoms with Gasteiger partial charge in [-0.3, -0.25) is 0 Å². The molecule has 0 bridgehead atoms. The van der Waals surface area contributed by atoms with Crippen molar-refractivity contribution in [2.45, 2.75) is 59.6 Å². The number of halogens is 3. The molecule has 0 aliphatic rings. The highest BCUT2D eigenvalue weighted by atomic mass is 32.1. The molecule has 3 aromatic heterocycles. The topological polar surface area (TPSA) is 16.8 Å². The predicted molar refractivity (Wildman–Crippen MR) is 154 cm³/mol.